The molecule has 164 valence electrons. The van der Waals surface area contributed by atoms with Crippen molar-refractivity contribution >= 4 is 32.7 Å². The van der Waals surface area contributed by atoms with E-state index in [0.29, 0.717) is 18.4 Å². The molecule has 2 aromatic carbocycles. The van der Waals surface area contributed by atoms with E-state index >= 15 is 0 Å². The third-order valence-electron chi connectivity index (χ3n) is 5.86. The molecule has 0 spiro atoms. The minimum Gasteiger partial charge on any atom is -0.408 e. The van der Waals surface area contributed by atoms with Crippen LogP contribution < -0.4 is 11.1 Å². The highest BCUT2D eigenvalue weighted by Crippen LogP contribution is 2.26. The Morgan fingerprint density at radius 1 is 1.13 bits per heavy atom. The molecule has 9 heteroatoms. The molecule has 4 rings (SSSR count). The molecule has 1 saturated heterocycles. The number of rotatable bonds is 5. The summed E-state index contributed by atoms with van der Waals surface area (Å²) in [6, 6.07) is 12.2. The minimum atomic E-state index is -3.74. The Bertz CT molecular complexity index is 1270. The van der Waals surface area contributed by atoms with Crippen LogP contribution in [0.5, 0.6) is 0 Å². The summed E-state index contributed by atoms with van der Waals surface area (Å²) in [7, 11) is -2.18. The fourth-order valence-electron chi connectivity index (χ4n) is 3.85. The van der Waals surface area contributed by atoms with Gasteiger partial charge < -0.3 is 9.73 Å². The fraction of sp³-hybridized carbons (Fsp3) is 0.364. The van der Waals surface area contributed by atoms with E-state index in [9.17, 15) is 18.0 Å². The number of fused-ring (bicyclic) bond motifs is 1. The van der Waals surface area contributed by atoms with E-state index in [0.717, 1.165) is 12.1 Å². The van der Waals surface area contributed by atoms with Gasteiger partial charge in [0.2, 0.25) is 15.9 Å². The standard InChI is InChI=1S/C22H25N3O5S/c1-3-15-4-6-17(7-5-15)23-21(26)16-10-12-25(13-11-16)31(28,29)18-8-9-19-20(14-18)30-22(27)24(19)2/h4-9,14,16H,3,10-13H2,1-2H3,(H,23,26). The Balaban J connectivity index is 1.42. The van der Waals surface area contributed by atoms with Gasteiger partial charge in [0.1, 0.15) is 0 Å². The summed E-state index contributed by atoms with van der Waals surface area (Å²) in [6.45, 7) is 2.58. The molecule has 1 aliphatic rings. The van der Waals surface area contributed by atoms with Crippen molar-refractivity contribution in [3.63, 3.8) is 0 Å². The zero-order valence-corrected chi connectivity index (χ0v) is 18.3. The van der Waals surface area contributed by atoms with Crippen molar-refractivity contribution in [2.75, 3.05) is 18.4 Å². The Labute approximate surface area is 180 Å². The summed E-state index contributed by atoms with van der Waals surface area (Å²) in [4.78, 5) is 24.3. The lowest BCUT2D eigenvalue weighted by Crippen LogP contribution is -2.41. The predicted molar refractivity (Wildman–Crippen MR) is 117 cm³/mol. The van der Waals surface area contributed by atoms with Crippen LogP contribution in [0.2, 0.25) is 0 Å². The number of benzene rings is 2. The molecule has 2 heterocycles. The Morgan fingerprint density at radius 2 is 1.81 bits per heavy atom. The Hall–Kier alpha value is -2.91. The molecule has 1 aromatic heterocycles. The first-order valence-electron chi connectivity index (χ1n) is 10.3. The van der Waals surface area contributed by atoms with E-state index in [-0.39, 0.29) is 35.4 Å². The number of aryl methyl sites for hydroxylation is 2. The van der Waals surface area contributed by atoms with Crippen molar-refractivity contribution in [3.05, 3.63) is 58.6 Å². The van der Waals surface area contributed by atoms with Gasteiger partial charge in [-0.25, -0.2) is 13.2 Å². The molecular formula is C22H25N3O5S. The first-order valence-corrected chi connectivity index (χ1v) is 11.7. The summed E-state index contributed by atoms with van der Waals surface area (Å²) >= 11 is 0. The molecule has 8 nitrogen and oxygen atoms in total. The van der Waals surface area contributed by atoms with Crippen molar-refractivity contribution in [3.8, 4) is 0 Å². The summed E-state index contributed by atoms with van der Waals surface area (Å²) in [5.74, 6) is -0.874. The maximum Gasteiger partial charge on any atom is 0.419 e. The summed E-state index contributed by atoms with van der Waals surface area (Å²) in [5, 5.41) is 2.92. The number of hydrogen-bond acceptors (Lipinski definition) is 5. The quantitative estimate of drug-likeness (QED) is 0.653. The summed E-state index contributed by atoms with van der Waals surface area (Å²) in [5.41, 5.74) is 2.71. The van der Waals surface area contributed by atoms with Crippen molar-refractivity contribution in [1.29, 1.82) is 0 Å². The van der Waals surface area contributed by atoms with Gasteiger partial charge in [0, 0.05) is 37.8 Å². The van der Waals surface area contributed by atoms with Crippen LogP contribution in [0.4, 0.5) is 5.69 Å². The number of nitrogens with zero attached hydrogens (tertiary/aromatic N) is 2. The number of anilines is 1. The average Bonchev–Trinajstić information content (AvgIpc) is 3.07. The molecule has 0 radical (unpaired) electrons. The lowest BCUT2D eigenvalue weighted by Gasteiger charge is -2.30. The van der Waals surface area contributed by atoms with Gasteiger partial charge in [-0.1, -0.05) is 19.1 Å². The highest BCUT2D eigenvalue weighted by atomic mass is 32.2. The number of carbonyl (C=O) groups is 1. The van der Waals surface area contributed by atoms with Crippen LogP contribution in [-0.4, -0.2) is 36.3 Å². The highest BCUT2D eigenvalue weighted by Gasteiger charge is 2.32. The average molecular weight is 444 g/mol. The molecule has 0 aliphatic carbocycles. The number of aromatic nitrogens is 1. The molecular weight excluding hydrogens is 418 g/mol. The molecule has 0 bridgehead atoms. The molecule has 1 fully saturated rings. The number of oxazole rings is 1. The molecule has 0 atom stereocenters. The van der Waals surface area contributed by atoms with Crippen molar-refractivity contribution in [1.82, 2.24) is 8.87 Å². The zero-order chi connectivity index (χ0) is 22.2. The van der Waals surface area contributed by atoms with Crippen molar-refractivity contribution in [2.45, 2.75) is 31.1 Å². The van der Waals surface area contributed by atoms with Crippen LogP contribution in [0.3, 0.4) is 0 Å². The highest BCUT2D eigenvalue weighted by molar-refractivity contribution is 7.89. The number of nitrogens with one attached hydrogen (secondary N) is 1. The van der Waals surface area contributed by atoms with Gasteiger partial charge in [-0.05, 0) is 49.1 Å². The summed E-state index contributed by atoms with van der Waals surface area (Å²) in [6.07, 6.45) is 1.83. The molecule has 3 aromatic rings. The maximum absolute atomic E-state index is 13.0. The Kier molecular flexibility index (Phi) is 5.72. The van der Waals surface area contributed by atoms with Gasteiger partial charge in [0.25, 0.3) is 0 Å². The third-order valence-corrected chi connectivity index (χ3v) is 7.75. The van der Waals surface area contributed by atoms with E-state index in [1.807, 2.05) is 24.3 Å². The number of amides is 1. The Morgan fingerprint density at radius 3 is 2.45 bits per heavy atom. The predicted octanol–water partition coefficient (Wildman–Crippen LogP) is 2.73. The smallest absolute Gasteiger partial charge is 0.408 e. The van der Waals surface area contributed by atoms with Gasteiger partial charge in [0.15, 0.2) is 5.58 Å². The van der Waals surface area contributed by atoms with E-state index in [4.69, 9.17) is 4.42 Å². The molecule has 1 amide bonds. The van der Waals surface area contributed by atoms with Crippen LogP contribution in [0, 0.1) is 5.92 Å². The van der Waals surface area contributed by atoms with Crippen LogP contribution >= 0.6 is 0 Å². The van der Waals surface area contributed by atoms with Crippen molar-refractivity contribution < 1.29 is 17.6 Å². The van der Waals surface area contributed by atoms with Gasteiger partial charge in [-0.3, -0.25) is 9.36 Å². The summed E-state index contributed by atoms with van der Waals surface area (Å²) < 4.78 is 33.9. The third kappa shape index (κ3) is 4.15. The second-order valence-corrected chi connectivity index (χ2v) is 9.71. The normalized spacial score (nSPS) is 15.9. The van der Waals surface area contributed by atoms with E-state index in [2.05, 4.69) is 12.2 Å². The van der Waals surface area contributed by atoms with E-state index in [1.54, 1.807) is 13.1 Å². The van der Waals surface area contributed by atoms with Crippen LogP contribution in [0.1, 0.15) is 25.3 Å². The molecule has 31 heavy (non-hydrogen) atoms. The molecule has 0 unspecified atom stereocenters. The van der Waals surface area contributed by atoms with Gasteiger partial charge in [-0.15, -0.1) is 0 Å². The number of sulfonamides is 1. The largest absolute Gasteiger partial charge is 0.419 e. The van der Waals surface area contributed by atoms with Crippen molar-refractivity contribution in [2.24, 2.45) is 13.0 Å². The number of hydrogen-bond donors (Lipinski definition) is 1. The van der Waals surface area contributed by atoms with Crippen LogP contribution in [-0.2, 0) is 28.3 Å². The number of carbonyl (C=O) groups excluding carboxylic acids is 1. The van der Waals surface area contributed by atoms with Crippen LogP contribution in [0.25, 0.3) is 11.1 Å². The fourth-order valence-corrected chi connectivity index (χ4v) is 5.34. The first-order chi connectivity index (χ1) is 14.8. The van der Waals surface area contributed by atoms with Gasteiger partial charge >= 0.3 is 5.76 Å². The monoisotopic (exact) mass is 443 g/mol. The molecule has 0 saturated carbocycles. The topological polar surface area (TPSA) is 102 Å². The lowest BCUT2D eigenvalue weighted by atomic mass is 9.97. The SMILES string of the molecule is CCc1ccc(NC(=O)C2CCN(S(=O)(=O)c3ccc4c(c3)oc(=O)n4C)CC2)cc1. The molecule has 1 N–H and O–H groups in total. The second-order valence-electron chi connectivity index (χ2n) is 7.77. The van der Waals surface area contributed by atoms with E-state index < -0.39 is 15.8 Å². The maximum atomic E-state index is 13.0. The van der Waals surface area contributed by atoms with Gasteiger partial charge in [0.05, 0.1) is 10.4 Å². The van der Waals surface area contributed by atoms with Crippen LogP contribution in [0.15, 0.2) is 56.6 Å². The second kappa shape index (κ2) is 8.32. The number of piperidine rings is 1. The minimum absolute atomic E-state index is 0.0771. The van der Waals surface area contributed by atoms with Gasteiger partial charge in [-0.2, -0.15) is 4.31 Å². The van der Waals surface area contributed by atoms with E-state index in [1.165, 1.54) is 26.6 Å². The molecule has 1 aliphatic heterocycles. The first kappa shape index (κ1) is 21.3. The lowest BCUT2D eigenvalue weighted by molar-refractivity contribution is -0.120. The zero-order valence-electron chi connectivity index (χ0n) is 17.5.